The lowest BCUT2D eigenvalue weighted by Crippen LogP contribution is -2.60. The van der Waals surface area contributed by atoms with Crippen molar-refractivity contribution in [3.63, 3.8) is 0 Å². The number of benzene rings is 1. The first kappa shape index (κ1) is 15.9. The number of carbonyl (C=O) groups is 2. The molecular formula is C18H21BrN2O3. The predicted molar refractivity (Wildman–Crippen MR) is 92.5 cm³/mol. The van der Waals surface area contributed by atoms with E-state index in [0.717, 1.165) is 32.1 Å². The van der Waals surface area contributed by atoms with Crippen molar-refractivity contribution >= 4 is 27.7 Å². The summed E-state index contributed by atoms with van der Waals surface area (Å²) in [6.07, 6.45) is 6.20. The smallest absolute Gasteiger partial charge is 0.273 e. The number of hydrogen-bond acceptors (Lipinski definition) is 3. The Labute approximate surface area is 149 Å². The maximum absolute atomic E-state index is 12.9. The summed E-state index contributed by atoms with van der Waals surface area (Å²) in [7, 11) is 0. The Morgan fingerprint density at radius 2 is 1.75 bits per heavy atom. The van der Waals surface area contributed by atoms with Crippen LogP contribution in [0.5, 0.6) is 5.75 Å². The molecule has 24 heavy (non-hydrogen) atoms. The number of hydrazine groups is 1. The fourth-order valence-corrected chi connectivity index (χ4v) is 6.85. The number of alkyl halides is 1. The molecule has 2 unspecified atom stereocenters. The molecule has 5 rings (SSSR count). The van der Waals surface area contributed by atoms with Crippen molar-refractivity contribution in [3.05, 3.63) is 29.8 Å². The van der Waals surface area contributed by atoms with Gasteiger partial charge in [-0.3, -0.25) is 20.4 Å². The Morgan fingerprint density at radius 1 is 1.08 bits per heavy atom. The molecule has 4 aliphatic rings. The minimum absolute atomic E-state index is 0.0933. The van der Waals surface area contributed by atoms with Gasteiger partial charge < -0.3 is 5.11 Å². The zero-order chi connectivity index (χ0) is 16.9. The van der Waals surface area contributed by atoms with Crippen LogP contribution in [-0.4, -0.2) is 21.2 Å². The average molecular weight is 393 g/mol. The highest BCUT2D eigenvalue weighted by Crippen LogP contribution is 2.64. The first-order valence-corrected chi connectivity index (χ1v) is 9.26. The average Bonchev–Trinajstić information content (AvgIpc) is 2.50. The predicted octanol–water partition coefficient (Wildman–Crippen LogP) is 2.89. The molecule has 4 saturated carbocycles. The first-order valence-electron chi connectivity index (χ1n) is 8.47. The van der Waals surface area contributed by atoms with Gasteiger partial charge in [-0.1, -0.05) is 28.1 Å². The van der Waals surface area contributed by atoms with Crippen molar-refractivity contribution in [1.29, 1.82) is 0 Å². The Bertz CT molecular complexity index is 691. The molecule has 2 amide bonds. The van der Waals surface area contributed by atoms with E-state index in [2.05, 4.69) is 26.8 Å². The van der Waals surface area contributed by atoms with Gasteiger partial charge in [-0.25, -0.2) is 0 Å². The number of nitrogens with one attached hydrogen (secondary N) is 2. The van der Waals surface area contributed by atoms with Crippen molar-refractivity contribution in [3.8, 4) is 5.75 Å². The number of halogens is 1. The van der Waals surface area contributed by atoms with Crippen LogP contribution < -0.4 is 10.9 Å². The molecule has 0 spiro atoms. The molecule has 4 bridgehead atoms. The van der Waals surface area contributed by atoms with Gasteiger partial charge in [0.05, 0.1) is 11.0 Å². The summed E-state index contributed by atoms with van der Waals surface area (Å²) in [5, 5.41) is 9.73. The molecule has 0 aromatic heterocycles. The zero-order valence-corrected chi connectivity index (χ0v) is 14.9. The summed E-state index contributed by atoms with van der Waals surface area (Å²) in [5.41, 5.74) is 4.85. The lowest BCUT2D eigenvalue weighted by atomic mass is 9.49. The topological polar surface area (TPSA) is 78.4 Å². The molecule has 5 nitrogen and oxygen atoms in total. The molecule has 0 radical (unpaired) electrons. The van der Waals surface area contributed by atoms with Crippen LogP contribution in [-0.2, 0) is 4.79 Å². The normalized spacial score (nSPS) is 36.4. The van der Waals surface area contributed by atoms with Crippen LogP contribution in [0.25, 0.3) is 0 Å². The third-order valence-corrected chi connectivity index (χ3v) is 6.84. The first-order chi connectivity index (χ1) is 11.4. The number of para-hydroxylation sites is 1. The SMILES string of the molecule is O=C(NNC(=O)C12CC3CC(CC(Br)(C3)C1)C2)c1ccccc1O. The van der Waals surface area contributed by atoms with E-state index < -0.39 is 5.91 Å². The summed E-state index contributed by atoms with van der Waals surface area (Å²) in [4.78, 5) is 25.0. The lowest BCUT2D eigenvalue weighted by molar-refractivity contribution is -0.144. The van der Waals surface area contributed by atoms with Gasteiger partial charge in [0.2, 0.25) is 5.91 Å². The standard InChI is InChI=1S/C18H21BrN2O3/c19-18-8-11-5-12(9-18)7-17(6-11,10-18)16(24)21-20-15(23)13-3-1-2-4-14(13)22/h1-4,11-12,22H,5-10H2,(H,20,23)(H,21,24). The van der Waals surface area contributed by atoms with Gasteiger partial charge >= 0.3 is 0 Å². The van der Waals surface area contributed by atoms with Crippen molar-refractivity contribution in [1.82, 2.24) is 10.9 Å². The molecule has 3 N–H and O–H groups in total. The van der Waals surface area contributed by atoms with Crippen molar-refractivity contribution in [2.24, 2.45) is 17.3 Å². The highest BCUT2D eigenvalue weighted by molar-refractivity contribution is 9.10. The van der Waals surface area contributed by atoms with Crippen molar-refractivity contribution < 1.29 is 14.7 Å². The van der Waals surface area contributed by atoms with Crippen LogP contribution in [0.2, 0.25) is 0 Å². The highest BCUT2D eigenvalue weighted by atomic mass is 79.9. The van der Waals surface area contributed by atoms with E-state index in [1.54, 1.807) is 12.1 Å². The minimum Gasteiger partial charge on any atom is -0.507 e. The molecule has 0 saturated heterocycles. The van der Waals surface area contributed by atoms with Crippen LogP contribution >= 0.6 is 15.9 Å². The van der Waals surface area contributed by atoms with Gasteiger partial charge in [-0.15, -0.1) is 0 Å². The number of amides is 2. The number of carbonyl (C=O) groups excluding carboxylic acids is 2. The van der Waals surface area contributed by atoms with Gasteiger partial charge in [0, 0.05) is 4.32 Å². The van der Waals surface area contributed by atoms with Gasteiger partial charge in [0.1, 0.15) is 5.75 Å². The van der Waals surface area contributed by atoms with Crippen LogP contribution in [0.3, 0.4) is 0 Å². The Morgan fingerprint density at radius 3 is 2.38 bits per heavy atom. The van der Waals surface area contributed by atoms with Crippen LogP contribution in [0.4, 0.5) is 0 Å². The summed E-state index contributed by atoms with van der Waals surface area (Å²) in [6.45, 7) is 0. The number of aromatic hydroxyl groups is 1. The fraction of sp³-hybridized carbons (Fsp3) is 0.556. The van der Waals surface area contributed by atoms with E-state index in [1.807, 2.05) is 0 Å². The second-order valence-electron chi connectivity index (χ2n) is 7.82. The van der Waals surface area contributed by atoms with E-state index in [1.165, 1.54) is 18.6 Å². The highest BCUT2D eigenvalue weighted by Gasteiger charge is 2.59. The summed E-state index contributed by atoms with van der Waals surface area (Å²) in [6, 6.07) is 6.29. The van der Waals surface area contributed by atoms with Crippen molar-refractivity contribution in [2.45, 2.75) is 42.8 Å². The summed E-state index contributed by atoms with van der Waals surface area (Å²) >= 11 is 3.89. The molecule has 1 aromatic carbocycles. The molecule has 4 fully saturated rings. The molecule has 128 valence electrons. The van der Waals surface area contributed by atoms with E-state index in [-0.39, 0.29) is 27.0 Å². The van der Waals surface area contributed by atoms with Gasteiger partial charge in [0.15, 0.2) is 0 Å². The molecule has 6 heteroatoms. The van der Waals surface area contributed by atoms with E-state index >= 15 is 0 Å². The third-order valence-electron chi connectivity index (χ3n) is 5.91. The minimum atomic E-state index is -0.500. The summed E-state index contributed by atoms with van der Waals surface area (Å²) in [5.74, 6) is 0.512. The summed E-state index contributed by atoms with van der Waals surface area (Å²) < 4.78 is 0.0934. The van der Waals surface area contributed by atoms with E-state index in [9.17, 15) is 14.7 Å². The van der Waals surface area contributed by atoms with Gasteiger partial charge in [-0.2, -0.15) is 0 Å². The molecule has 2 atom stereocenters. The Kier molecular flexibility index (Phi) is 3.64. The number of phenolic OH excluding ortho intramolecular Hbond substituents is 1. The molecular weight excluding hydrogens is 372 g/mol. The third kappa shape index (κ3) is 2.61. The quantitative estimate of drug-likeness (QED) is 0.534. The number of hydrogen-bond donors (Lipinski definition) is 3. The second kappa shape index (κ2) is 5.48. The maximum Gasteiger partial charge on any atom is 0.273 e. The maximum atomic E-state index is 12.9. The Hall–Kier alpha value is -1.56. The zero-order valence-electron chi connectivity index (χ0n) is 13.3. The number of rotatable bonds is 2. The van der Waals surface area contributed by atoms with E-state index in [0.29, 0.717) is 11.8 Å². The van der Waals surface area contributed by atoms with E-state index in [4.69, 9.17) is 0 Å². The molecule has 4 aliphatic carbocycles. The molecule has 0 aliphatic heterocycles. The van der Waals surface area contributed by atoms with Gasteiger partial charge in [-0.05, 0) is 62.5 Å². The van der Waals surface area contributed by atoms with Crippen molar-refractivity contribution in [2.75, 3.05) is 0 Å². The van der Waals surface area contributed by atoms with Crippen LogP contribution in [0.1, 0.15) is 48.9 Å². The monoisotopic (exact) mass is 392 g/mol. The lowest BCUT2D eigenvalue weighted by Gasteiger charge is -2.59. The second-order valence-corrected chi connectivity index (χ2v) is 9.50. The van der Waals surface area contributed by atoms with Crippen LogP contribution in [0.15, 0.2) is 24.3 Å². The largest absolute Gasteiger partial charge is 0.507 e. The van der Waals surface area contributed by atoms with Crippen LogP contribution in [0, 0.1) is 17.3 Å². The number of phenols is 1. The molecule has 0 heterocycles. The fourth-order valence-electron chi connectivity index (χ4n) is 5.40. The molecule has 1 aromatic rings. The van der Waals surface area contributed by atoms with Gasteiger partial charge in [0.25, 0.3) is 5.91 Å². The Balaban J connectivity index is 1.45.